The number of hydrogen-bond donors (Lipinski definition) is 1. The summed E-state index contributed by atoms with van der Waals surface area (Å²) in [6.07, 6.45) is 40.4. The van der Waals surface area contributed by atoms with Crippen molar-refractivity contribution in [3.8, 4) is 0 Å². The Kier molecular flexibility index (Phi) is 34.8. The fourth-order valence-corrected chi connectivity index (χ4v) is 6.18. The lowest BCUT2D eigenvalue weighted by molar-refractivity contribution is -0.887. The molecule has 53 heavy (non-hydrogen) atoms. The van der Waals surface area contributed by atoms with Crippen molar-refractivity contribution in [3.05, 3.63) is 36.5 Å². The summed E-state index contributed by atoms with van der Waals surface area (Å²) >= 11 is 0. The number of esters is 2. The zero-order valence-electron chi connectivity index (χ0n) is 35.0. The summed E-state index contributed by atoms with van der Waals surface area (Å²) in [4.78, 5) is 36.9. The van der Waals surface area contributed by atoms with Gasteiger partial charge in [0.25, 0.3) is 0 Å². The van der Waals surface area contributed by atoms with Crippen LogP contribution in [-0.2, 0) is 28.6 Å². The van der Waals surface area contributed by atoms with Crippen LogP contribution in [-0.4, -0.2) is 80.6 Å². The van der Waals surface area contributed by atoms with Crippen molar-refractivity contribution in [1.82, 2.24) is 0 Å². The molecule has 0 aliphatic rings. The molecular weight excluding hydrogens is 666 g/mol. The van der Waals surface area contributed by atoms with Crippen LogP contribution < -0.4 is 0 Å². The summed E-state index contributed by atoms with van der Waals surface area (Å²) in [7, 11) is 5.52. The highest BCUT2D eigenvalue weighted by molar-refractivity contribution is 5.72. The molecular formula is C45H82NO7+. The minimum absolute atomic E-state index is 0.0559. The number of rotatable bonds is 38. The Bertz CT molecular complexity index is 968. The van der Waals surface area contributed by atoms with E-state index in [0.29, 0.717) is 19.3 Å². The van der Waals surface area contributed by atoms with E-state index in [2.05, 4.69) is 50.3 Å². The van der Waals surface area contributed by atoms with Crippen LogP contribution in [0.5, 0.6) is 0 Å². The average Bonchev–Trinajstić information content (AvgIpc) is 3.11. The monoisotopic (exact) mass is 749 g/mol. The van der Waals surface area contributed by atoms with Crippen molar-refractivity contribution >= 4 is 17.9 Å². The number of ether oxygens (including phenoxy) is 3. The topological polar surface area (TPSA) is 99.1 Å². The second-order valence-corrected chi connectivity index (χ2v) is 15.6. The highest BCUT2D eigenvalue weighted by Gasteiger charge is 2.31. The molecule has 0 bridgehead atoms. The summed E-state index contributed by atoms with van der Waals surface area (Å²) in [5.41, 5.74) is 0. The fraction of sp³-hybridized carbons (Fsp3) is 0.800. The first-order valence-electron chi connectivity index (χ1n) is 21.5. The first kappa shape index (κ1) is 50.5. The predicted octanol–water partition coefficient (Wildman–Crippen LogP) is 11.5. The minimum atomic E-state index is -0.877. The number of carboxylic acids is 1. The highest BCUT2D eigenvalue weighted by Crippen LogP contribution is 2.14. The molecule has 0 spiro atoms. The summed E-state index contributed by atoms with van der Waals surface area (Å²) in [6.45, 7) is 4.61. The van der Waals surface area contributed by atoms with Gasteiger partial charge in [0, 0.05) is 19.3 Å². The van der Waals surface area contributed by atoms with Crippen molar-refractivity contribution < 1.29 is 38.2 Å². The molecule has 0 saturated heterocycles. The molecule has 0 aromatic rings. The van der Waals surface area contributed by atoms with Gasteiger partial charge in [0.15, 0.2) is 12.1 Å². The molecule has 0 aromatic carbocycles. The summed E-state index contributed by atoms with van der Waals surface area (Å²) in [6, 6.07) is -0.615. The van der Waals surface area contributed by atoms with Crippen molar-refractivity contribution in [1.29, 1.82) is 0 Å². The molecule has 0 radical (unpaired) electrons. The van der Waals surface area contributed by atoms with Crippen molar-refractivity contribution in [2.24, 2.45) is 0 Å². The molecule has 0 aliphatic heterocycles. The van der Waals surface area contributed by atoms with Crippen LogP contribution in [0.1, 0.15) is 181 Å². The first-order valence-corrected chi connectivity index (χ1v) is 21.5. The fourth-order valence-electron chi connectivity index (χ4n) is 6.18. The molecule has 0 saturated carbocycles. The number of aliphatic carboxylic acids is 1. The number of carbonyl (C=O) groups excluding carboxylic acids is 2. The number of hydrogen-bond acceptors (Lipinski definition) is 6. The second kappa shape index (κ2) is 36.5. The maximum Gasteiger partial charge on any atom is 0.362 e. The molecule has 0 heterocycles. The molecule has 2 unspecified atom stereocenters. The Morgan fingerprint density at radius 1 is 0.585 bits per heavy atom. The van der Waals surface area contributed by atoms with Gasteiger partial charge in [-0.2, -0.15) is 0 Å². The van der Waals surface area contributed by atoms with Gasteiger partial charge in [-0.25, -0.2) is 4.79 Å². The van der Waals surface area contributed by atoms with Crippen LogP contribution in [0.4, 0.5) is 0 Å². The maximum absolute atomic E-state index is 12.7. The van der Waals surface area contributed by atoms with Gasteiger partial charge in [0.2, 0.25) is 0 Å². The third kappa shape index (κ3) is 35.0. The lowest BCUT2D eigenvalue weighted by Gasteiger charge is -2.31. The van der Waals surface area contributed by atoms with Gasteiger partial charge in [0.05, 0.1) is 34.4 Å². The Labute approximate surface area is 325 Å². The van der Waals surface area contributed by atoms with Gasteiger partial charge in [-0.05, 0) is 64.2 Å². The smallest absolute Gasteiger partial charge is 0.362 e. The van der Waals surface area contributed by atoms with Gasteiger partial charge < -0.3 is 23.8 Å². The summed E-state index contributed by atoms with van der Waals surface area (Å²) in [5.74, 6) is -1.48. The number of carbonyl (C=O) groups is 3. The molecule has 2 atom stereocenters. The first-order chi connectivity index (χ1) is 25.6. The van der Waals surface area contributed by atoms with E-state index >= 15 is 0 Å². The predicted molar refractivity (Wildman–Crippen MR) is 220 cm³/mol. The second-order valence-electron chi connectivity index (χ2n) is 15.6. The SMILES string of the molecule is CC/C=C/C/C=C/CCCCCCCCCC(=O)OCC(COCCC(C(=O)O)[N+](C)(C)C)OC(=O)CCCCCCCCC/C=C/CCCCCC. The van der Waals surface area contributed by atoms with E-state index in [-0.39, 0.29) is 36.2 Å². The Hall–Kier alpha value is -2.45. The Balaban J connectivity index is 4.37. The Morgan fingerprint density at radius 3 is 1.57 bits per heavy atom. The van der Waals surface area contributed by atoms with Crippen molar-refractivity contribution in [2.75, 3.05) is 41.0 Å². The molecule has 8 nitrogen and oxygen atoms in total. The molecule has 0 aliphatic carbocycles. The van der Waals surface area contributed by atoms with Gasteiger partial charge in [-0.3, -0.25) is 9.59 Å². The molecule has 0 rings (SSSR count). The number of allylic oxidation sites excluding steroid dienone is 6. The largest absolute Gasteiger partial charge is 0.477 e. The number of unbranched alkanes of at least 4 members (excludes halogenated alkanes) is 18. The van der Waals surface area contributed by atoms with Crippen LogP contribution in [0.3, 0.4) is 0 Å². The van der Waals surface area contributed by atoms with E-state index in [4.69, 9.17) is 14.2 Å². The summed E-state index contributed by atoms with van der Waals surface area (Å²) < 4.78 is 17.3. The molecule has 0 fully saturated rings. The highest BCUT2D eigenvalue weighted by atomic mass is 16.6. The Morgan fingerprint density at radius 2 is 1.06 bits per heavy atom. The quantitative estimate of drug-likeness (QED) is 0.0290. The van der Waals surface area contributed by atoms with E-state index < -0.39 is 18.1 Å². The number of carboxylic acid groups (broad SMARTS) is 1. The van der Waals surface area contributed by atoms with E-state index in [1.807, 2.05) is 21.1 Å². The average molecular weight is 749 g/mol. The zero-order valence-corrected chi connectivity index (χ0v) is 35.0. The number of nitrogens with zero attached hydrogens (tertiary/aromatic N) is 1. The van der Waals surface area contributed by atoms with E-state index in [0.717, 1.165) is 57.8 Å². The molecule has 0 aromatic heterocycles. The van der Waals surface area contributed by atoms with Gasteiger partial charge in [0.1, 0.15) is 6.61 Å². The lowest BCUT2D eigenvalue weighted by atomic mass is 10.1. The number of likely N-dealkylation sites (N-methyl/N-ethyl adjacent to an activating group) is 1. The van der Waals surface area contributed by atoms with Gasteiger partial charge in [-0.15, -0.1) is 0 Å². The zero-order chi connectivity index (χ0) is 39.3. The minimum Gasteiger partial charge on any atom is -0.477 e. The molecule has 1 N–H and O–H groups in total. The number of quaternary nitrogens is 1. The van der Waals surface area contributed by atoms with Crippen LogP contribution in [0.25, 0.3) is 0 Å². The normalized spacial score (nSPS) is 13.3. The third-order valence-corrected chi connectivity index (χ3v) is 9.52. The van der Waals surface area contributed by atoms with Crippen LogP contribution in [0.2, 0.25) is 0 Å². The van der Waals surface area contributed by atoms with E-state index in [1.54, 1.807) is 0 Å². The van der Waals surface area contributed by atoms with E-state index in [1.165, 1.54) is 89.9 Å². The molecule has 308 valence electrons. The van der Waals surface area contributed by atoms with Crippen LogP contribution in [0, 0.1) is 0 Å². The van der Waals surface area contributed by atoms with E-state index in [9.17, 15) is 19.5 Å². The van der Waals surface area contributed by atoms with Gasteiger partial charge >= 0.3 is 17.9 Å². The molecule has 8 heteroatoms. The summed E-state index contributed by atoms with van der Waals surface area (Å²) in [5, 5.41) is 9.61. The maximum atomic E-state index is 12.7. The van der Waals surface area contributed by atoms with Gasteiger partial charge in [-0.1, -0.05) is 134 Å². The van der Waals surface area contributed by atoms with Crippen LogP contribution in [0.15, 0.2) is 36.5 Å². The molecule has 0 amide bonds. The third-order valence-electron chi connectivity index (χ3n) is 9.52. The lowest BCUT2D eigenvalue weighted by Crippen LogP contribution is -2.50. The van der Waals surface area contributed by atoms with Crippen molar-refractivity contribution in [2.45, 2.75) is 193 Å². The van der Waals surface area contributed by atoms with Crippen molar-refractivity contribution in [3.63, 3.8) is 0 Å². The standard InChI is InChI=1S/C45H81NO7/c1-6-8-10-12-14-16-18-20-22-24-26-28-30-32-34-36-44(48)53-41(39-51-38-37-42(45(49)50)46(3,4)5)40-52-43(47)35-33-31-29-27-25-23-21-19-17-15-13-11-9-7-2/h9,11,15-18,41-42H,6-8,10,12-14,19-40H2,1-5H3/p+1/b11-9+,17-15+,18-16+. The van der Waals surface area contributed by atoms with Crippen LogP contribution >= 0.6 is 0 Å².